The average Bonchev–Trinajstić information content (AvgIpc) is 3.37. The van der Waals surface area contributed by atoms with E-state index in [0.29, 0.717) is 49.8 Å². The molecule has 5 rings (SSSR count). The number of anilines is 1. The number of hydrogen-bond acceptors (Lipinski definition) is 8. The van der Waals surface area contributed by atoms with Crippen LogP contribution in [0.1, 0.15) is 5.01 Å². The number of ether oxygens (including phenoxy) is 2. The predicted molar refractivity (Wildman–Crippen MR) is 141 cm³/mol. The molecule has 0 saturated heterocycles. The molecule has 2 heterocycles. The van der Waals surface area contributed by atoms with Crippen molar-refractivity contribution in [1.29, 1.82) is 0 Å². The number of methoxy groups -OCH3 is 2. The van der Waals surface area contributed by atoms with Crippen LogP contribution in [-0.2, 0) is 0 Å². The van der Waals surface area contributed by atoms with Crippen LogP contribution < -0.4 is 26.1 Å². The SMILES string of the molecule is COc1cc(NC=C(N)c2nc(-c3cc4c(ccc5ccccc54)oc3=O)cs2)c(OC)cc1Cl. The maximum atomic E-state index is 12.7. The third-order valence-corrected chi connectivity index (χ3v) is 6.71. The van der Waals surface area contributed by atoms with Gasteiger partial charge in [0.1, 0.15) is 22.1 Å². The molecule has 3 aromatic carbocycles. The number of nitrogens with one attached hydrogen (secondary N) is 1. The molecule has 35 heavy (non-hydrogen) atoms. The largest absolute Gasteiger partial charge is 0.495 e. The molecular formula is C26H20ClN3O4S. The highest BCUT2D eigenvalue weighted by Crippen LogP contribution is 2.36. The number of benzene rings is 3. The van der Waals surface area contributed by atoms with E-state index in [1.807, 2.05) is 42.5 Å². The molecule has 9 heteroatoms. The fourth-order valence-electron chi connectivity index (χ4n) is 3.77. The minimum Gasteiger partial charge on any atom is -0.495 e. The van der Waals surface area contributed by atoms with Gasteiger partial charge in [0.05, 0.1) is 41.9 Å². The summed E-state index contributed by atoms with van der Waals surface area (Å²) in [6.07, 6.45) is 1.60. The minimum absolute atomic E-state index is 0.376. The second kappa shape index (κ2) is 9.32. The maximum absolute atomic E-state index is 12.7. The summed E-state index contributed by atoms with van der Waals surface area (Å²) in [4.78, 5) is 17.3. The van der Waals surface area contributed by atoms with Crippen LogP contribution in [0.2, 0.25) is 5.02 Å². The summed E-state index contributed by atoms with van der Waals surface area (Å²) in [5.41, 5.74) is 8.23. The standard InChI is InChI=1S/C26H20ClN3O4S/c1-32-23-11-20(24(33-2)10-18(23)27)29-12-19(28)25-30-21(13-35-25)17-9-16-15-6-4-3-5-14(15)7-8-22(16)34-26(17)31/h3-13,29H,28H2,1-2H3. The van der Waals surface area contributed by atoms with Gasteiger partial charge in [0, 0.05) is 29.1 Å². The first-order valence-corrected chi connectivity index (χ1v) is 11.8. The summed E-state index contributed by atoms with van der Waals surface area (Å²) >= 11 is 7.49. The van der Waals surface area contributed by atoms with Crippen LogP contribution in [0, 0.1) is 0 Å². The molecule has 7 nitrogen and oxygen atoms in total. The Balaban J connectivity index is 1.48. The summed E-state index contributed by atoms with van der Waals surface area (Å²) in [5.74, 6) is 1.02. The topological polar surface area (TPSA) is 99.6 Å². The van der Waals surface area contributed by atoms with Crippen molar-refractivity contribution >= 4 is 56.1 Å². The normalized spacial score (nSPS) is 11.7. The van der Waals surface area contributed by atoms with E-state index < -0.39 is 5.63 Å². The van der Waals surface area contributed by atoms with Crippen LogP contribution in [-0.4, -0.2) is 19.2 Å². The third kappa shape index (κ3) is 4.29. The van der Waals surface area contributed by atoms with E-state index in [2.05, 4.69) is 10.3 Å². The Morgan fingerprint density at radius 3 is 2.69 bits per heavy atom. The molecule has 0 unspecified atom stereocenters. The number of rotatable bonds is 6. The Hall–Kier alpha value is -4.01. The van der Waals surface area contributed by atoms with Crippen molar-refractivity contribution in [2.75, 3.05) is 19.5 Å². The lowest BCUT2D eigenvalue weighted by Gasteiger charge is -2.12. The van der Waals surface area contributed by atoms with Crippen LogP contribution >= 0.6 is 22.9 Å². The van der Waals surface area contributed by atoms with Gasteiger partial charge >= 0.3 is 5.63 Å². The Morgan fingerprint density at radius 2 is 1.89 bits per heavy atom. The summed E-state index contributed by atoms with van der Waals surface area (Å²) in [6, 6.07) is 16.9. The van der Waals surface area contributed by atoms with E-state index in [9.17, 15) is 4.79 Å². The van der Waals surface area contributed by atoms with E-state index in [1.54, 1.807) is 30.8 Å². The monoisotopic (exact) mass is 505 g/mol. The second-order valence-corrected chi connectivity index (χ2v) is 8.88. The lowest BCUT2D eigenvalue weighted by molar-refractivity contribution is 0.405. The highest BCUT2D eigenvalue weighted by atomic mass is 35.5. The molecule has 0 aliphatic carbocycles. The lowest BCUT2D eigenvalue weighted by atomic mass is 10.0. The molecular weight excluding hydrogens is 486 g/mol. The number of aromatic nitrogens is 1. The molecule has 5 aromatic rings. The van der Waals surface area contributed by atoms with Crippen molar-refractivity contribution in [2.24, 2.45) is 5.73 Å². The van der Waals surface area contributed by atoms with E-state index in [1.165, 1.54) is 18.4 Å². The van der Waals surface area contributed by atoms with Gasteiger partial charge in [-0.25, -0.2) is 9.78 Å². The zero-order chi connectivity index (χ0) is 24.5. The molecule has 176 valence electrons. The highest BCUT2D eigenvalue weighted by molar-refractivity contribution is 7.11. The first kappa shape index (κ1) is 22.8. The number of halogens is 1. The van der Waals surface area contributed by atoms with Gasteiger partial charge in [-0.05, 0) is 22.9 Å². The second-order valence-electron chi connectivity index (χ2n) is 7.61. The highest BCUT2D eigenvalue weighted by Gasteiger charge is 2.15. The number of thiazole rings is 1. The fourth-order valence-corrected chi connectivity index (χ4v) is 4.75. The molecule has 0 fully saturated rings. The van der Waals surface area contributed by atoms with Gasteiger partial charge in [0.15, 0.2) is 0 Å². The molecule has 0 atom stereocenters. The van der Waals surface area contributed by atoms with Gasteiger partial charge in [-0.15, -0.1) is 11.3 Å². The smallest absolute Gasteiger partial charge is 0.345 e. The molecule has 0 saturated carbocycles. The average molecular weight is 506 g/mol. The molecule has 0 spiro atoms. The Labute approximate surface area is 209 Å². The number of fused-ring (bicyclic) bond motifs is 3. The predicted octanol–water partition coefficient (Wildman–Crippen LogP) is 6.11. The summed E-state index contributed by atoms with van der Waals surface area (Å²) in [6.45, 7) is 0. The molecule has 2 aromatic heterocycles. The summed E-state index contributed by atoms with van der Waals surface area (Å²) in [5, 5.41) is 8.77. The van der Waals surface area contributed by atoms with Gasteiger partial charge in [-0.1, -0.05) is 41.9 Å². The Bertz CT molecular complexity index is 1660. The van der Waals surface area contributed by atoms with Crippen LogP contribution in [0.15, 0.2) is 75.4 Å². The Kier molecular flexibility index (Phi) is 6.07. The minimum atomic E-state index is -0.455. The van der Waals surface area contributed by atoms with Crippen molar-refractivity contribution in [2.45, 2.75) is 0 Å². The summed E-state index contributed by atoms with van der Waals surface area (Å²) in [7, 11) is 3.08. The number of hydrogen-bond donors (Lipinski definition) is 2. The maximum Gasteiger partial charge on any atom is 0.345 e. The van der Waals surface area contributed by atoms with Crippen molar-refractivity contribution < 1.29 is 13.9 Å². The van der Waals surface area contributed by atoms with Crippen LogP contribution in [0.25, 0.3) is 38.7 Å². The Morgan fingerprint density at radius 1 is 1.09 bits per heavy atom. The van der Waals surface area contributed by atoms with Crippen molar-refractivity contribution in [3.63, 3.8) is 0 Å². The lowest BCUT2D eigenvalue weighted by Crippen LogP contribution is -2.04. The van der Waals surface area contributed by atoms with Gasteiger partial charge in [-0.2, -0.15) is 0 Å². The van der Waals surface area contributed by atoms with E-state index in [-0.39, 0.29) is 0 Å². The number of nitrogens with two attached hydrogens (primary N) is 1. The molecule has 0 radical (unpaired) electrons. The fraction of sp³-hybridized carbons (Fsp3) is 0.0769. The van der Waals surface area contributed by atoms with E-state index in [0.717, 1.165) is 16.2 Å². The summed E-state index contributed by atoms with van der Waals surface area (Å²) < 4.78 is 16.2. The zero-order valence-corrected chi connectivity index (χ0v) is 20.4. The van der Waals surface area contributed by atoms with Gasteiger partial charge in [-0.3, -0.25) is 0 Å². The van der Waals surface area contributed by atoms with Crippen molar-refractivity contribution in [3.05, 3.63) is 86.6 Å². The van der Waals surface area contributed by atoms with Crippen molar-refractivity contribution in [1.82, 2.24) is 4.98 Å². The molecule has 0 aliphatic rings. The van der Waals surface area contributed by atoms with E-state index in [4.69, 9.17) is 31.2 Å². The molecule has 0 amide bonds. The third-order valence-electron chi connectivity index (χ3n) is 5.53. The van der Waals surface area contributed by atoms with Crippen LogP contribution in [0.4, 0.5) is 5.69 Å². The quantitative estimate of drug-likeness (QED) is 0.212. The number of nitrogens with zero attached hydrogens (tertiary/aromatic N) is 1. The van der Waals surface area contributed by atoms with Gasteiger partial charge < -0.3 is 24.9 Å². The molecule has 3 N–H and O–H groups in total. The first-order chi connectivity index (χ1) is 17.0. The molecule has 0 aliphatic heterocycles. The van der Waals surface area contributed by atoms with Crippen molar-refractivity contribution in [3.8, 4) is 22.8 Å². The van der Waals surface area contributed by atoms with Gasteiger partial charge in [0.2, 0.25) is 0 Å². The molecule has 0 bridgehead atoms. The van der Waals surface area contributed by atoms with Crippen LogP contribution in [0.5, 0.6) is 11.5 Å². The van der Waals surface area contributed by atoms with E-state index >= 15 is 0 Å². The zero-order valence-electron chi connectivity index (χ0n) is 18.8. The van der Waals surface area contributed by atoms with Gasteiger partial charge in [0.25, 0.3) is 0 Å². The van der Waals surface area contributed by atoms with Crippen LogP contribution in [0.3, 0.4) is 0 Å². The first-order valence-electron chi connectivity index (χ1n) is 10.5.